The van der Waals surface area contributed by atoms with E-state index in [9.17, 15) is 0 Å². The monoisotopic (exact) mass is 356 g/mol. The van der Waals surface area contributed by atoms with Gasteiger partial charge in [-0.25, -0.2) is 4.98 Å². The normalized spacial score (nSPS) is 11.3. The smallest absolute Gasteiger partial charge is 0.144 e. The van der Waals surface area contributed by atoms with Crippen LogP contribution in [-0.4, -0.2) is 9.55 Å². The highest BCUT2D eigenvalue weighted by Crippen LogP contribution is 2.27. The number of nitrogens with zero attached hydrogens (tertiary/aromatic N) is 2. The molecule has 0 atom stereocenters. The number of aromatic nitrogens is 2. The summed E-state index contributed by atoms with van der Waals surface area (Å²) in [4.78, 5) is 4.40. The number of hydrogen-bond donors (Lipinski definition) is 0. The zero-order valence-corrected chi connectivity index (χ0v) is 16.7. The molecule has 0 saturated heterocycles. The molecule has 1 aromatic heterocycles. The second kappa shape index (κ2) is 10.0. The van der Waals surface area contributed by atoms with E-state index in [0.29, 0.717) is 16.6 Å². The molecule has 0 fully saturated rings. The van der Waals surface area contributed by atoms with Crippen molar-refractivity contribution in [3.8, 4) is 11.4 Å². The number of rotatable bonds is 5. The largest absolute Gasteiger partial charge is 0.299 e. The van der Waals surface area contributed by atoms with Gasteiger partial charge in [-0.15, -0.1) is 0 Å². The standard InChI is InChI=1S/C18H19ClN2.C4H10/c1-13(2)14(3)12-17(19)15(4)21-11-10-20-18(21)16-8-6-5-7-9-16;1-4(2)3/h5-13H,3-4H2,1-2H3;4H,1-3H3/b17-12+;. The van der Waals surface area contributed by atoms with Crippen LogP contribution in [0.4, 0.5) is 0 Å². The maximum absolute atomic E-state index is 6.37. The van der Waals surface area contributed by atoms with E-state index >= 15 is 0 Å². The van der Waals surface area contributed by atoms with Gasteiger partial charge in [-0.2, -0.15) is 0 Å². The van der Waals surface area contributed by atoms with Gasteiger partial charge in [0.2, 0.25) is 0 Å². The third-order valence-electron chi connectivity index (χ3n) is 3.29. The number of imidazole rings is 1. The number of allylic oxidation sites excluding steroid dienone is 4. The molecule has 0 amide bonds. The van der Waals surface area contributed by atoms with Gasteiger partial charge < -0.3 is 0 Å². The molecule has 1 heterocycles. The lowest BCUT2D eigenvalue weighted by atomic mass is 10.0. The molecule has 0 unspecified atom stereocenters. The first-order valence-electron chi connectivity index (χ1n) is 8.58. The minimum Gasteiger partial charge on any atom is -0.299 e. The average Bonchev–Trinajstić information content (AvgIpc) is 3.03. The zero-order valence-electron chi connectivity index (χ0n) is 16.0. The van der Waals surface area contributed by atoms with E-state index in [4.69, 9.17) is 11.6 Å². The molecule has 0 aliphatic rings. The Hall–Kier alpha value is -2.06. The highest BCUT2D eigenvalue weighted by Gasteiger charge is 2.11. The maximum atomic E-state index is 6.37. The lowest BCUT2D eigenvalue weighted by Crippen LogP contribution is -1.99. The predicted molar refractivity (Wildman–Crippen MR) is 111 cm³/mol. The summed E-state index contributed by atoms with van der Waals surface area (Å²) >= 11 is 6.37. The van der Waals surface area contributed by atoms with Crippen molar-refractivity contribution in [1.29, 1.82) is 0 Å². The highest BCUT2D eigenvalue weighted by molar-refractivity contribution is 6.35. The first-order valence-corrected chi connectivity index (χ1v) is 8.96. The second-order valence-electron chi connectivity index (χ2n) is 6.89. The van der Waals surface area contributed by atoms with E-state index in [2.05, 4.69) is 52.8 Å². The fraction of sp³-hybridized carbons (Fsp3) is 0.318. The maximum Gasteiger partial charge on any atom is 0.144 e. The van der Waals surface area contributed by atoms with Gasteiger partial charge in [-0.3, -0.25) is 4.57 Å². The molecule has 0 spiro atoms. The summed E-state index contributed by atoms with van der Waals surface area (Å²) < 4.78 is 1.89. The topological polar surface area (TPSA) is 17.8 Å². The van der Waals surface area contributed by atoms with Gasteiger partial charge in [0.1, 0.15) is 5.82 Å². The first kappa shape index (κ1) is 21.0. The van der Waals surface area contributed by atoms with Gasteiger partial charge in [-0.1, -0.05) is 95.3 Å². The summed E-state index contributed by atoms with van der Waals surface area (Å²) in [5.74, 6) is 2.00. The van der Waals surface area contributed by atoms with Crippen LogP contribution < -0.4 is 0 Å². The molecule has 0 radical (unpaired) electrons. The molecule has 2 rings (SSSR count). The second-order valence-corrected chi connectivity index (χ2v) is 7.29. The van der Waals surface area contributed by atoms with Crippen LogP contribution in [0.1, 0.15) is 34.6 Å². The third-order valence-corrected chi connectivity index (χ3v) is 3.62. The minimum absolute atomic E-state index is 0.350. The van der Waals surface area contributed by atoms with Crippen LogP contribution >= 0.6 is 11.6 Å². The fourth-order valence-electron chi connectivity index (χ4n) is 1.85. The zero-order chi connectivity index (χ0) is 19.0. The first-order chi connectivity index (χ1) is 11.7. The van der Waals surface area contributed by atoms with Crippen molar-refractivity contribution < 1.29 is 0 Å². The Kier molecular flexibility index (Phi) is 8.44. The summed E-state index contributed by atoms with van der Waals surface area (Å²) in [6.45, 7) is 18.8. The third kappa shape index (κ3) is 6.75. The Morgan fingerprint density at radius 3 is 2.16 bits per heavy atom. The summed E-state index contributed by atoms with van der Waals surface area (Å²) in [6, 6.07) is 9.96. The van der Waals surface area contributed by atoms with Crippen LogP contribution in [0.3, 0.4) is 0 Å². The van der Waals surface area contributed by atoms with Crippen LogP contribution in [0.2, 0.25) is 0 Å². The van der Waals surface area contributed by atoms with E-state index in [1.807, 2.05) is 47.2 Å². The summed E-state index contributed by atoms with van der Waals surface area (Å²) in [6.07, 6.45) is 5.47. The fourth-order valence-corrected chi connectivity index (χ4v) is 2.08. The van der Waals surface area contributed by atoms with E-state index in [1.54, 1.807) is 6.20 Å². The van der Waals surface area contributed by atoms with Gasteiger partial charge in [-0.05, 0) is 17.9 Å². The molecule has 0 aliphatic heterocycles. The Morgan fingerprint density at radius 1 is 1.08 bits per heavy atom. The van der Waals surface area contributed by atoms with Gasteiger partial charge in [0, 0.05) is 18.0 Å². The average molecular weight is 357 g/mol. The Morgan fingerprint density at radius 2 is 1.64 bits per heavy atom. The van der Waals surface area contributed by atoms with E-state index in [1.165, 1.54) is 0 Å². The summed E-state index contributed by atoms with van der Waals surface area (Å²) in [5.41, 5.74) is 2.69. The Balaban J connectivity index is 0.000000705. The van der Waals surface area contributed by atoms with Gasteiger partial charge in [0.15, 0.2) is 0 Å². The van der Waals surface area contributed by atoms with Crippen molar-refractivity contribution in [2.75, 3.05) is 0 Å². The van der Waals surface area contributed by atoms with Gasteiger partial charge in [0.05, 0.1) is 10.7 Å². The molecule has 2 aromatic rings. The Bertz CT molecular complexity index is 719. The molecule has 0 bridgehead atoms. The van der Waals surface area contributed by atoms with Crippen LogP contribution in [-0.2, 0) is 0 Å². The summed E-state index contributed by atoms with van der Waals surface area (Å²) in [5, 5.41) is 0.573. The molecule has 0 saturated carbocycles. The molecule has 134 valence electrons. The molecular weight excluding hydrogens is 328 g/mol. The lowest BCUT2D eigenvalue weighted by molar-refractivity contribution is 0.737. The van der Waals surface area contributed by atoms with Crippen molar-refractivity contribution in [2.45, 2.75) is 34.6 Å². The quantitative estimate of drug-likeness (QED) is 0.526. The number of benzene rings is 1. The highest BCUT2D eigenvalue weighted by atomic mass is 35.5. The lowest BCUT2D eigenvalue weighted by Gasteiger charge is -2.12. The predicted octanol–water partition coefficient (Wildman–Crippen LogP) is 7.02. The molecule has 25 heavy (non-hydrogen) atoms. The van der Waals surface area contributed by atoms with Crippen molar-refractivity contribution >= 4 is 17.3 Å². The molecule has 2 nitrogen and oxygen atoms in total. The number of hydrogen-bond acceptors (Lipinski definition) is 1. The van der Waals surface area contributed by atoms with Gasteiger partial charge in [0.25, 0.3) is 0 Å². The number of halogens is 1. The van der Waals surface area contributed by atoms with Crippen LogP contribution in [0, 0.1) is 11.8 Å². The van der Waals surface area contributed by atoms with Crippen LogP contribution in [0.15, 0.2) is 72.6 Å². The van der Waals surface area contributed by atoms with Crippen molar-refractivity contribution in [1.82, 2.24) is 9.55 Å². The molecule has 1 aromatic carbocycles. The van der Waals surface area contributed by atoms with Crippen molar-refractivity contribution in [2.24, 2.45) is 11.8 Å². The Labute approximate surface area is 157 Å². The molecule has 3 heteroatoms. The van der Waals surface area contributed by atoms with E-state index in [0.717, 1.165) is 22.9 Å². The van der Waals surface area contributed by atoms with E-state index < -0.39 is 0 Å². The van der Waals surface area contributed by atoms with Gasteiger partial charge >= 0.3 is 0 Å². The molecule has 0 aliphatic carbocycles. The molecular formula is C22H29ClN2. The minimum atomic E-state index is 0.350. The van der Waals surface area contributed by atoms with Crippen molar-refractivity contribution in [3.05, 3.63) is 72.6 Å². The molecule has 0 N–H and O–H groups in total. The van der Waals surface area contributed by atoms with Crippen LogP contribution in [0.25, 0.3) is 17.1 Å². The van der Waals surface area contributed by atoms with E-state index in [-0.39, 0.29) is 0 Å². The SMILES string of the molecule is C=C(/C=C(/Cl)C(=C)n1ccnc1-c1ccccc1)C(C)C.CC(C)C. The summed E-state index contributed by atoms with van der Waals surface area (Å²) in [7, 11) is 0. The van der Waals surface area contributed by atoms with Crippen molar-refractivity contribution in [3.63, 3.8) is 0 Å². The van der Waals surface area contributed by atoms with Crippen LogP contribution in [0.5, 0.6) is 0 Å².